The van der Waals surface area contributed by atoms with E-state index >= 15 is 0 Å². The van der Waals surface area contributed by atoms with Gasteiger partial charge in [-0.3, -0.25) is 9.80 Å². The van der Waals surface area contributed by atoms with Crippen molar-refractivity contribution in [2.75, 3.05) is 45.8 Å². The maximum absolute atomic E-state index is 12.3. The lowest BCUT2D eigenvalue weighted by Gasteiger charge is -2.38. The Morgan fingerprint density at radius 2 is 1.65 bits per heavy atom. The molecular weight excluding hydrogens is 267 g/mol. The van der Waals surface area contributed by atoms with E-state index in [1.54, 1.807) is 0 Å². The van der Waals surface area contributed by atoms with E-state index in [1.807, 2.05) is 0 Å². The molecular formula is C14H28F3N3. The average Bonchev–Trinajstić information content (AvgIpc) is 2.33. The lowest BCUT2D eigenvalue weighted by molar-refractivity contribution is -0.149. The highest BCUT2D eigenvalue weighted by Crippen LogP contribution is 2.18. The summed E-state index contributed by atoms with van der Waals surface area (Å²) < 4.78 is 36.9. The van der Waals surface area contributed by atoms with Gasteiger partial charge in [-0.15, -0.1) is 0 Å². The normalized spacial score (nSPS) is 20.6. The van der Waals surface area contributed by atoms with Crippen LogP contribution in [0.1, 0.15) is 27.2 Å². The number of hydrogen-bond donors (Lipinski definition) is 1. The molecule has 0 amide bonds. The van der Waals surface area contributed by atoms with Crippen molar-refractivity contribution in [3.63, 3.8) is 0 Å². The number of alkyl halides is 3. The molecule has 0 aromatic heterocycles. The Morgan fingerprint density at radius 1 is 1.05 bits per heavy atom. The van der Waals surface area contributed by atoms with Crippen LogP contribution in [0.5, 0.6) is 0 Å². The molecule has 6 heteroatoms. The molecule has 0 aromatic carbocycles. The van der Waals surface area contributed by atoms with Crippen molar-refractivity contribution in [3.8, 4) is 0 Å². The number of halogens is 3. The summed E-state index contributed by atoms with van der Waals surface area (Å²) in [5, 5.41) is 3.41. The maximum atomic E-state index is 12.3. The van der Waals surface area contributed by atoms with Crippen LogP contribution in [0.3, 0.4) is 0 Å². The van der Waals surface area contributed by atoms with Crippen LogP contribution in [0, 0.1) is 5.92 Å². The third-order valence-electron chi connectivity index (χ3n) is 3.72. The number of nitrogens with one attached hydrogen (secondary N) is 1. The van der Waals surface area contributed by atoms with Gasteiger partial charge >= 0.3 is 6.18 Å². The van der Waals surface area contributed by atoms with Crippen LogP contribution in [-0.2, 0) is 0 Å². The molecule has 0 spiro atoms. The smallest absolute Gasteiger partial charge is 0.316 e. The van der Waals surface area contributed by atoms with E-state index in [0.717, 1.165) is 32.6 Å². The first-order valence-electron chi connectivity index (χ1n) is 7.52. The Labute approximate surface area is 120 Å². The SMILES string of the molecule is CC(C)CNCCC(C)N1CCN(CC(F)(F)F)CC1. The van der Waals surface area contributed by atoms with Crippen molar-refractivity contribution < 1.29 is 13.2 Å². The summed E-state index contributed by atoms with van der Waals surface area (Å²) in [5.41, 5.74) is 0. The summed E-state index contributed by atoms with van der Waals surface area (Å²) in [4.78, 5) is 3.80. The standard InChI is InChI=1S/C14H28F3N3/c1-12(2)10-18-5-4-13(3)20-8-6-19(7-9-20)11-14(15,16)17/h12-13,18H,4-11H2,1-3H3. The van der Waals surface area contributed by atoms with Gasteiger partial charge in [0.05, 0.1) is 6.54 Å². The highest BCUT2D eigenvalue weighted by Gasteiger charge is 2.32. The van der Waals surface area contributed by atoms with Crippen LogP contribution >= 0.6 is 0 Å². The minimum Gasteiger partial charge on any atom is -0.316 e. The van der Waals surface area contributed by atoms with E-state index < -0.39 is 12.7 Å². The van der Waals surface area contributed by atoms with E-state index in [2.05, 4.69) is 31.0 Å². The maximum Gasteiger partial charge on any atom is 0.401 e. The Balaban J connectivity index is 2.17. The fraction of sp³-hybridized carbons (Fsp3) is 1.00. The molecule has 0 saturated carbocycles. The summed E-state index contributed by atoms with van der Waals surface area (Å²) in [6.07, 6.45) is -3.03. The Hall–Kier alpha value is -0.330. The quantitative estimate of drug-likeness (QED) is 0.726. The number of rotatable bonds is 7. The third-order valence-corrected chi connectivity index (χ3v) is 3.72. The Kier molecular flexibility index (Phi) is 7.26. The molecule has 1 heterocycles. The fourth-order valence-electron chi connectivity index (χ4n) is 2.50. The second-order valence-corrected chi connectivity index (χ2v) is 6.16. The van der Waals surface area contributed by atoms with Crippen LogP contribution < -0.4 is 5.32 Å². The Morgan fingerprint density at radius 3 is 2.15 bits per heavy atom. The molecule has 0 aliphatic carbocycles. The molecule has 0 aromatic rings. The zero-order valence-corrected chi connectivity index (χ0v) is 12.8. The summed E-state index contributed by atoms with van der Waals surface area (Å²) in [5.74, 6) is 0.649. The number of hydrogen-bond acceptors (Lipinski definition) is 3. The fourth-order valence-corrected chi connectivity index (χ4v) is 2.50. The van der Waals surface area contributed by atoms with Gasteiger partial charge in [0.1, 0.15) is 0 Å². The van der Waals surface area contributed by atoms with Crippen LogP contribution in [-0.4, -0.2) is 67.8 Å². The van der Waals surface area contributed by atoms with Crippen LogP contribution in [0.25, 0.3) is 0 Å². The molecule has 0 bridgehead atoms. The second-order valence-electron chi connectivity index (χ2n) is 6.16. The molecule has 1 saturated heterocycles. The summed E-state index contributed by atoms with van der Waals surface area (Å²) in [6, 6.07) is 0.433. The zero-order valence-electron chi connectivity index (χ0n) is 12.8. The average molecular weight is 295 g/mol. The highest BCUT2D eigenvalue weighted by molar-refractivity contribution is 4.78. The highest BCUT2D eigenvalue weighted by atomic mass is 19.4. The van der Waals surface area contributed by atoms with Gasteiger partial charge < -0.3 is 5.32 Å². The molecule has 1 aliphatic rings. The lowest BCUT2D eigenvalue weighted by Crippen LogP contribution is -2.52. The minimum atomic E-state index is -4.07. The van der Waals surface area contributed by atoms with E-state index in [-0.39, 0.29) is 0 Å². The molecule has 1 aliphatic heterocycles. The first-order chi connectivity index (χ1) is 9.28. The molecule has 1 fully saturated rings. The van der Waals surface area contributed by atoms with Gasteiger partial charge in [-0.05, 0) is 32.4 Å². The van der Waals surface area contributed by atoms with Gasteiger partial charge in [-0.1, -0.05) is 13.8 Å². The van der Waals surface area contributed by atoms with Crippen molar-refractivity contribution in [1.82, 2.24) is 15.1 Å². The molecule has 1 unspecified atom stereocenters. The van der Waals surface area contributed by atoms with Gasteiger partial charge in [0.2, 0.25) is 0 Å². The minimum absolute atomic E-state index is 0.433. The van der Waals surface area contributed by atoms with Crippen LogP contribution in [0.4, 0.5) is 13.2 Å². The number of nitrogens with zero attached hydrogens (tertiary/aromatic N) is 2. The van der Waals surface area contributed by atoms with Crippen molar-refractivity contribution in [3.05, 3.63) is 0 Å². The van der Waals surface area contributed by atoms with Gasteiger partial charge in [0, 0.05) is 32.2 Å². The molecule has 1 atom stereocenters. The molecule has 120 valence electrons. The van der Waals surface area contributed by atoms with Gasteiger partial charge in [0.25, 0.3) is 0 Å². The lowest BCUT2D eigenvalue weighted by atomic mass is 10.1. The Bertz CT molecular complexity index is 261. The predicted octanol–water partition coefficient (Wildman–Crippen LogP) is 2.19. The zero-order chi connectivity index (χ0) is 15.2. The van der Waals surface area contributed by atoms with E-state index in [9.17, 15) is 13.2 Å². The first kappa shape index (κ1) is 17.7. The summed E-state index contributed by atoms with van der Waals surface area (Å²) in [6.45, 7) is 10.2. The summed E-state index contributed by atoms with van der Waals surface area (Å²) in [7, 11) is 0. The largest absolute Gasteiger partial charge is 0.401 e. The third kappa shape index (κ3) is 7.45. The van der Waals surface area contributed by atoms with Crippen LogP contribution in [0.15, 0.2) is 0 Å². The predicted molar refractivity (Wildman–Crippen MR) is 75.9 cm³/mol. The van der Waals surface area contributed by atoms with E-state index in [1.165, 1.54) is 4.90 Å². The molecule has 1 rings (SSSR count). The first-order valence-corrected chi connectivity index (χ1v) is 7.52. The van der Waals surface area contributed by atoms with Crippen molar-refractivity contribution >= 4 is 0 Å². The van der Waals surface area contributed by atoms with Gasteiger partial charge in [-0.25, -0.2) is 0 Å². The molecule has 0 radical (unpaired) electrons. The molecule has 1 N–H and O–H groups in total. The van der Waals surface area contributed by atoms with E-state index in [0.29, 0.717) is 25.0 Å². The summed E-state index contributed by atoms with van der Waals surface area (Å²) >= 11 is 0. The van der Waals surface area contributed by atoms with Gasteiger partial charge in [0.15, 0.2) is 0 Å². The van der Waals surface area contributed by atoms with Crippen molar-refractivity contribution in [1.29, 1.82) is 0 Å². The monoisotopic (exact) mass is 295 g/mol. The molecule has 20 heavy (non-hydrogen) atoms. The molecule has 3 nitrogen and oxygen atoms in total. The van der Waals surface area contributed by atoms with E-state index in [4.69, 9.17) is 0 Å². The van der Waals surface area contributed by atoms with Crippen molar-refractivity contribution in [2.45, 2.75) is 39.4 Å². The number of piperazine rings is 1. The second kappa shape index (κ2) is 8.20. The topological polar surface area (TPSA) is 18.5 Å². The van der Waals surface area contributed by atoms with Crippen molar-refractivity contribution in [2.24, 2.45) is 5.92 Å². The van der Waals surface area contributed by atoms with Crippen LogP contribution in [0.2, 0.25) is 0 Å². The van der Waals surface area contributed by atoms with Gasteiger partial charge in [-0.2, -0.15) is 13.2 Å².